The van der Waals surface area contributed by atoms with Crippen molar-refractivity contribution < 1.29 is 4.79 Å². The second kappa shape index (κ2) is 6.37. The van der Waals surface area contributed by atoms with Gasteiger partial charge in [-0.3, -0.25) is 4.79 Å². The Labute approximate surface area is 126 Å². The zero-order valence-electron chi connectivity index (χ0n) is 12.6. The first-order chi connectivity index (χ1) is 10.0. The number of carbonyl (C=O) groups excluding carboxylic acids is 1. The zero-order chi connectivity index (χ0) is 15.4. The normalized spacial score (nSPS) is 12.0. The number of nitrogens with zero attached hydrogens (tertiary/aromatic N) is 1. The maximum absolute atomic E-state index is 12.5. The largest absolute Gasteiger partial charge is 0.292 e. The smallest absolute Gasteiger partial charge is 0.184 e. The van der Waals surface area contributed by atoms with Crippen LogP contribution in [0.3, 0.4) is 0 Å². The van der Waals surface area contributed by atoms with Gasteiger partial charge in [-0.15, -0.1) is 0 Å². The van der Waals surface area contributed by atoms with E-state index in [0.29, 0.717) is 11.5 Å². The lowest BCUT2D eigenvalue weighted by atomic mass is 9.90. The summed E-state index contributed by atoms with van der Waals surface area (Å²) in [5.41, 5.74) is 3.59. The summed E-state index contributed by atoms with van der Waals surface area (Å²) in [5, 5.41) is 9.37. The number of rotatable bonds is 4. The molecule has 1 unspecified atom stereocenters. The Morgan fingerprint density at radius 1 is 1.05 bits per heavy atom. The second-order valence-electron chi connectivity index (χ2n) is 5.62. The Bertz CT molecular complexity index is 677. The van der Waals surface area contributed by atoms with Gasteiger partial charge in [0, 0.05) is 5.56 Å². The summed E-state index contributed by atoms with van der Waals surface area (Å²) in [6, 6.07) is 17.3. The Hall–Kier alpha value is -2.40. The Balaban J connectivity index is 2.31. The van der Waals surface area contributed by atoms with Crippen molar-refractivity contribution in [2.45, 2.75) is 32.6 Å². The monoisotopic (exact) mass is 277 g/mol. The molecule has 0 radical (unpaired) electrons. The van der Waals surface area contributed by atoms with Crippen LogP contribution in [0.5, 0.6) is 0 Å². The van der Waals surface area contributed by atoms with Gasteiger partial charge in [-0.2, -0.15) is 5.26 Å². The van der Waals surface area contributed by atoms with Crippen LogP contribution in [0.1, 0.15) is 52.7 Å². The Kier molecular flexibility index (Phi) is 4.55. The molecule has 2 nitrogen and oxygen atoms in total. The number of ketones is 1. The van der Waals surface area contributed by atoms with Gasteiger partial charge in [-0.25, -0.2) is 0 Å². The van der Waals surface area contributed by atoms with E-state index in [4.69, 9.17) is 0 Å². The lowest BCUT2D eigenvalue weighted by Crippen LogP contribution is -2.11. The van der Waals surface area contributed by atoms with E-state index in [0.717, 1.165) is 11.1 Å². The van der Waals surface area contributed by atoms with Crippen LogP contribution in [-0.2, 0) is 0 Å². The predicted molar refractivity (Wildman–Crippen MR) is 84.4 cm³/mol. The van der Waals surface area contributed by atoms with Crippen LogP contribution in [0.15, 0.2) is 48.5 Å². The number of hydrogen-bond acceptors (Lipinski definition) is 2. The van der Waals surface area contributed by atoms with Gasteiger partial charge < -0.3 is 0 Å². The van der Waals surface area contributed by atoms with Crippen LogP contribution in [0.2, 0.25) is 0 Å². The lowest BCUT2D eigenvalue weighted by molar-refractivity contribution is 0.0979. The SMILES string of the molecule is Cc1cccc(C(C#N)C(=O)c2ccc(C(C)C)cc2)c1. The van der Waals surface area contributed by atoms with Crippen molar-refractivity contribution in [1.29, 1.82) is 5.26 Å². The summed E-state index contributed by atoms with van der Waals surface area (Å²) in [6.07, 6.45) is 0. The van der Waals surface area contributed by atoms with Gasteiger partial charge in [0.15, 0.2) is 5.78 Å². The molecule has 0 aliphatic heterocycles. The van der Waals surface area contributed by atoms with Crippen molar-refractivity contribution in [1.82, 2.24) is 0 Å². The van der Waals surface area contributed by atoms with Crippen LogP contribution < -0.4 is 0 Å². The molecule has 0 N–H and O–H groups in total. The number of Topliss-reactive ketones (excluding diaryl/α,β-unsaturated/α-hetero) is 1. The third-order valence-electron chi connectivity index (χ3n) is 3.63. The Morgan fingerprint density at radius 2 is 1.71 bits per heavy atom. The van der Waals surface area contributed by atoms with E-state index in [2.05, 4.69) is 19.9 Å². The van der Waals surface area contributed by atoms with Crippen molar-refractivity contribution in [3.63, 3.8) is 0 Å². The van der Waals surface area contributed by atoms with Crippen molar-refractivity contribution in [3.8, 4) is 6.07 Å². The number of benzene rings is 2. The molecule has 2 rings (SSSR count). The maximum Gasteiger partial charge on any atom is 0.184 e. The van der Waals surface area contributed by atoms with Crippen molar-refractivity contribution in [3.05, 3.63) is 70.8 Å². The highest BCUT2D eigenvalue weighted by Gasteiger charge is 2.21. The summed E-state index contributed by atoms with van der Waals surface area (Å²) in [4.78, 5) is 12.5. The molecule has 21 heavy (non-hydrogen) atoms. The van der Waals surface area contributed by atoms with Gasteiger partial charge in [0.25, 0.3) is 0 Å². The molecule has 0 bridgehead atoms. The summed E-state index contributed by atoms with van der Waals surface area (Å²) in [7, 11) is 0. The first-order valence-corrected chi connectivity index (χ1v) is 7.13. The fourth-order valence-corrected chi connectivity index (χ4v) is 2.33. The molecule has 0 aromatic heterocycles. The zero-order valence-corrected chi connectivity index (χ0v) is 12.6. The fourth-order valence-electron chi connectivity index (χ4n) is 2.33. The van der Waals surface area contributed by atoms with E-state index in [1.165, 1.54) is 5.56 Å². The summed E-state index contributed by atoms with van der Waals surface area (Å²) >= 11 is 0. The standard InChI is InChI=1S/C19H19NO/c1-13(2)15-7-9-16(10-8-15)19(21)18(12-20)17-6-4-5-14(3)11-17/h4-11,13,18H,1-3H3. The van der Waals surface area contributed by atoms with Crippen LogP contribution in [0, 0.1) is 18.3 Å². The van der Waals surface area contributed by atoms with Crippen LogP contribution in [0.25, 0.3) is 0 Å². The van der Waals surface area contributed by atoms with Gasteiger partial charge in [0.05, 0.1) is 6.07 Å². The molecule has 2 heteroatoms. The Morgan fingerprint density at radius 3 is 2.24 bits per heavy atom. The third-order valence-corrected chi connectivity index (χ3v) is 3.63. The van der Waals surface area contributed by atoms with E-state index in [-0.39, 0.29) is 5.78 Å². The molecule has 0 heterocycles. The molecular formula is C19H19NO. The molecule has 0 saturated carbocycles. The molecule has 0 saturated heterocycles. The number of hydrogen-bond donors (Lipinski definition) is 0. The van der Waals surface area contributed by atoms with Crippen LogP contribution >= 0.6 is 0 Å². The van der Waals surface area contributed by atoms with Crippen LogP contribution in [-0.4, -0.2) is 5.78 Å². The van der Waals surface area contributed by atoms with Gasteiger partial charge in [0.1, 0.15) is 5.92 Å². The summed E-state index contributed by atoms with van der Waals surface area (Å²) in [5.74, 6) is -0.453. The molecule has 2 aromatic rings. The second-order valence-corrected chi connectivity index (χ2v) is 5.62. The minimum absolute atomic E-state index is 0.140. The fraction of sp³-hybridized carbons (Fsp3) is 0.263. The molecule has 1 atom stereocenters. The number of aryl methyl sites for hydroxylation is 1. The van der Waals surface area contributed by atoms with E-state index < -0.39 is 5.92 Å². The average Bonchev–Trinajstić information content (AvgIpc) is 2.48. The highest BCUT2D eigenvalue weighted by Crippen LogP contribution is 2.23. The summed E-state index contributed by atoms with van der Waals surface area (Å²) in [6.45, 7) is 6.18. The minimum atomic E-state index is -0.741. The molecular weight excluding hydrogens is 258 g/mol. The van der Waals surface area contributed by atoms with E-state index in [1.807, 2.05) is 55.5 Å². The van der Waals surface area contributed by atoms with Gasteiger partial charge in [-0.05, 0) is 24.0 Å². The van der Waals surface area contributed by atoms with Gasteiger partial charge in [0.2, 0.25) is 0 Å². The maximum atomic E-state index is 12.5. The first kappa shape index (κ1) is 15.0. The number of carbonyl (C=O) groups is 1. The number of nitriles is 1. The molecule has 0 aliphatic carbocycles. The topological polar surface area (TPSA) is 40.9 Å². The molecule has 0 fully saturated rings. The highest BCUT2D eigenvalue weighted by atomic mass is 16.1. The van der Waals surface area contributed by atoms with Gasteiger partial charge >= 0.3 is 0 Å². The highest BCUT2D eigenvalue weighted by molar-refractivity contribution is 6.02. The predicted octanol–water partition coefficient (Wildman–Crippen LogP) is 4.61. The third kappa shape index (κ3) is 3.38. The quantitative estimate of drug-likeness (QED) is 0.766. The molecule has 0 spiro atoms. The molecule has 0 aliphatic rings. The van der Waals surface area contributed by atoms with Crippen molar-refractivity contribution in [2.75, 3.05) is 0 Å². The van der Waals surface area contributed by atoms with E-state index in [1.54, 1.807) is 0 Å². The molecule has 0 amide bonds. The van der Waals surface area contributed by atoms with Crippen molar-refractivity contribution in [2.24, 2.45) is 0 Å². The summed E-state index contributed by atoms with van der Waals surface area (Å²) < 4.78 is 0. The molecule has 106 valence electrons. The lowest BCUT2D eigenvalue weighted by Gasteiger charge is -2.11. The van der Waals surface area contributed by atoms with E-state index in [9.17, 15) is 10.1 Å². The van der Waals surface area contributed by atoms with Crippen LogP contribution in [0.4, 0.5) is 0 Å². The van der Waals surface area contributed by atoms with E-state index >= 15 is 0 Å². The first-order valence-electron chi connectivity index (χ1n) is 7.13. The average molecular weight is 277 g/mol. The van der Waals surface area contributed by atoms with Crippen molar-refractivity contribution >= 4 is 5.78 Å². The molecule has 2 aromatic carbocycles. The minimum Gasteiger partial charge on any atom is -0.292 e. The van der Waals surface area contributed by atoms with Gasteiger partial charge in [-0.1, -0.05) is 67.9 Å².